The maximum atomic E-state index is 12.8. The molecule has 2 aromatic carbocycles. The summed E-state index contributed by atoms with van der Waals surface area (Å²) in [5.74, 6) is -0.00975. The highest BCUT2D eigenvalue weighted by atomic mass is 79.9. The van der Waals surface area contributed by atoms with Crippen molar-refractivity contribution in [3.05, 3.63) is 63.6 Å². The summed E-state index contributed by atoms with van der Waals surface area (Å²) >= 11 is 9.49. The molecule has 0 aromatic heterocycles. The van der Waals surface area contributed by atoms with Crippen LogP contribution >= 0.6 is 27.5 Å². The molecule has 3 rings (SSSR count). The molecule has 0 spiro atoms. The Morgan fingerprint density at radius 1 is 1.11 bits per heavy atom. The zero-order valence-corrected chi connectivity index (χ0v) is 17.6. The first kappa shape index (κ1) is 20.5. The number of halogens is 2. The Morgan fingerprint density at radius 2 is 1.82 bits per heavy atom. The fraction of sp³-hybridized carbons (Fsp3) is 0.300. The van der Waals surface area contributed by atoms with Crippen LogP contribution in [0.3, 0.4) is 0 Å². The highest BCUT2D eigenvalue weighted by molar-refractivity contribution is 9.10. The predicted octanol–water partition coefficient (Wildman–Crippen LogP) is 3.55. The average Bonchev–Trinajstić information content (AvgIpc) is 2.67. The van der Waals surface area contributed by atoms with Gasteiger partial charge in [0.1, 0.15) is 0 Å². The van der Waals surface area contributed by atoms with Gasteiger partial charge in [-0.1, -0.05) is 45.7 Å². The average molecular weight is 466 g/mol. The van der Waals surface area contributed by atoms with E-state index in [0.717, 1.165) is 28.8 Å². The number of piperazine rings is 1. The van der Waals surface area contributed by atoms with Gasteiger partial charge < -0.3 is 20.9 Å². The molecular formula is C20H22BrClN4O2. The van der Waals surface area contributed by atoms with Crippen molar-refractivity contribution in [3.8, 4) is 0 Å². The molecule has 1 saturated heterocycles. The van der Waals surface area contributed by atoms with Crippen LogP contribution in [-0.4, -0.2) is 43.0 Å². The summed E-state index contributed by atoms with van der Waals surface area (Å²) in [4.78, 5) is 28.3. The minimum absolute atomic E-state index is 0.00975. The third-order valence-corrected chi connectivity index (χ3v) is 5.48. The van der Waals surface area contributed by atoms with Crippen LogP contribution in [0, 0.1) is 0 Å². The maximum absolute atomic E-state index is 12.8. The first-order chi connectivity index (χ1) is 13.4. The zero-order chi connectivity index (χ0) is 20.1. The summed E-state index contributed by atoms with van der Waals surface area (Å²) < 4.78 is 0.879. The molecule has 0 aliphatic carbocycles. The van der Waals surface area contributed by atoms with Gasteiger partial charge in [0.15, 0.2) is 0 Å². The molecule has 148 valence electrons. The van der Waals surface area contributed by atoms with Crippen molar-refractivity contribution in [2.45, 2.75) is 12.5 Å². The number of anilines is 1. The maximum Gasteiger partial charge on any atom is 0.312 e. The number of benzene rings is 2. The largest absolute Gasteiger partial charge is 0.368 e. The van der Waals surface area contributed by atoms with Gasteiger partial charge in [-0.3, -0.25) is 4.79 Å². The van der Waals surface area contributed by atoms with Gasteiger partial charge in [0.05, 0.1) is 12.5 Å². The quantitative estimate of drug-likeness (QED) is 0.709. The van der Waals surface area contributed by atoms with Gasteiger partial charge in [0, 0.05) is 41.4 Å². The Hall–Kier alpha value is -2.25. The summed E-state index contributed by atoms with van der Waals surface area (Å²) in [5, 5.41) is 3.38. The molecule has 1 unspecified atom stereocenters. The fourth-order valence-corrected chi connectivity index (χ4v) is 3.94. The minimum Gasteiger partial charge on any atom is -0.368 e. The Labute approximate surface area is 177 Å². The van der Waals surface area contributed by atoms with Crippen molar-refractivity contribution < 1.29 is 9.59 Å². The highest BCUT2D eigenvalue weighted by Gasteiger charge is 2.25. The van der Waals surface area contributed by atoms with Crippen LogP contribution < -0.4 is 16.0 Å². The molecule has 1 heterocycles. The molecule has 0 bridgehead atoms. The molecular weight excluding hydrogens is 444 g/mol. The summed E-state index contributed by atoms with van der Waals surface area (Å²) in [6.07, 6.45) is 0.163. The minimum atomic E-state index is -0.649. The van der Waals surface area contributed by atoms with Gasteiger partial charge in [0.2, 0.25) is 5.91 Å². The molecule has 0 saturated carbocycles. The van der Waals surface area contributed by atoms with Crippen molar-refractivity contribution in [2.24, 2.45) is 5.73 Å². The second-order valence-electron chi connectivity index (χ2n) is 6.67. The Kier molecular flexibility index (Phi) is 6.80. The van der Waals surface area contributed by atoms with Crippen molar-refractivity contribution in [1.29, 1.82) is 0 Å². The van der Waals surface area contributed by atoms with Gasteiger partial charge in [-0.05, 0) is 35.9 Å². The van der Waals surface area contributed by atoms with E-state index in [2.05, 4.69) is 26.1 Å². The molecule has 8 heteroatoms. The molecule has 3 N–H and O–H groups in total. The van der Waals surface area contributed by atoms with Crippen LogP contribution in [-0.2, 0) is 4.79 Å². The lowest BCUT2D eigenvalue weighted by atomic mass is 10.0. The molecule has 3 amide bonds. The van der Waals surface area contributed by atoms with Gasteiger partial charge in [-0.25, -0.2) is 4.79 Å². The second kappa shape index (κ2) is 9.30. The zero-order valence-electron chi connectivity index (χ0n) is 15.3. The standard InChI is InChI=1S/C20H22BrClN4O2/c21-15-4-1-3-14(11-15)18(24-20(23)28)13-19(27)26-9-7-25(8-10-26)17-6-2-5-16(22)12-17/h1-6,11-12,18H,7-10,13H2,(H3,23,24,28). The van der Waals surface area contributed by atoms with E-state index in [1.807, 2.05) is 53.4 Å². The lowest BCUT2D eigenvalue weighted by Gasteiger charge is -2.36. The van der Waals surface area contributed by atoms with Crippen LogP contribution in [0.15, 0.2) is 53.0 Å². The van der Waals surface area contributed by atoms with E-state index < -0.39 is 12.1 Å². The van der Waals surface area contributed by atoms with Crippen molar-refractivity contribution in [1.82, 2.24) is 10.2 Å². The van der Waals surface area contributed by atoms with Crippen molar-refractivity contribution >= 4 is 45.2 Å². The van der Waals surface area contributed by atoms with E-state index >= 15 is 0 Å². The summed E-state index contributed by atoms with van der Waals surface area (Å²) in [7, 11) is 0. The number of carbonyl (C=O) groups is 2. The lowest BCUT2D eigenvalue weighted by Crippen LogP contribution is -2.49. The highest BCUT2D eigenvalue weighted by Crippen LogP contribution is 2.24. The van der Waals surface area contributed by atoms with Crippen LogP contribution in [0.2, 0.25) is 5.02 Å². The van der Waals surface area contributed by atoms with Gasteiger partial charge in [0.25, 0.3) is 0 Å². The Bertz CT molecular complexity index is 856. The molecule has 2 aromatic rings. The monoisotopic (exact) mass is 464 g/mol. The lowest BCUT2D eigenvalue weighted by molar-refractivity contribution is -0.132. The van der Waals surface area contributed by atoms with E-state index in [4.69, 9.17) is 17.3 Å². The summed E-state index contributed by atoms with van der Waals surface area (Å²) in [5.41, 5.74) is 7.20. The normalized spacial score (nSPS) is 15.2. The van der Waals surface area contributed by atoms with Crippen molar-refractivity contribution in [2.75, 3.05) is 31.1 Å². The number of rotatable bonds is 5. The Balaban J connectivity index is 1.62. The number of nitrogens with two attached hydrogens (primary N) is 1. The van der Waals surface area contributed by atoms with E-state index in [1.165, 1.54) is 0 Å². The van der Waals surface area contributed by atoms with E-state index in [-0.39, 0.29) is 12.3 Å². The number of hydrogen-bond acceptors (Lipinski definition) is 3. The van der Waals surface area contributed by atoms with Crippen LogP contribution in [0.1, 0.15) is 18.0 Å². The number of nitrogens with zero attached hydrogens (tertiary/aromatic N) is 2. The number of hydrogen-bond donors (Lipinski definition) is 2. The molecule has 28 heavy (non-hydrogen) atoms. The molecule has 0 radical (unpaired) electrons. The van der Waals surface area contributed by atoms with Gasteiger partial charge in [-0.2, -0.15) is 0 Å². The predicted molar refractivity (Wildman–Crippen MR) is 114 cm³/mol. The van der Waals surface area contributed by atoms with E-state index in [0.29, 0.717) is 18.1 Å². The molecule has 1 aliphatic rings. The topological polar surface area (TPSA) is 78.7 Å². The molecule has 1 fully saturated rings. The van der Waals surface area contributed by atoms with Gasteiger partial charge in [-0.15, -0.1) is 0 Å². The third kappa shape index (κ3) is 5.39. The molecule has 6 nitrogen and oxygen atoms in total. The van der Waals surface area contributed by atoms with Gasteiger partial charge >= 0.3 is 6.03 Å². The molecule has 1 aliphatic heterocycles. The SMILES string of the molecule is NC(=O)NC(CC(=O)N1CCN(c2cccc(Cl)c2)CC1)c1cccc(Br)c1. The summed E-state index contributed by atoms with van der Waals surface area (Å²) in [6, 6.07) is 14.1. The second-order valence-corrected chi connectivity index (χ2v) is 8.02. The summed E-state index contributed by atoms with van der Waals surface area (Å²) in [6.45, 7) is 2.70. The smallest absolute Gasteiger partial charge is 0.312 e. The number of urea groups is 1. The van der Waals surface area contributed by atoms with Crippen LogP contribution in [0.5, 0.6) is 0 Å². The first-order valence-electron chi connectivity index (χ1n) is 9.02. The number of amides is 3. The number of carbonyl (C=O) groups excluding carboxylic acids is 2. The van der Waals surface area contributed by atoms with Crippen LogP contribution in [0.25, 0.3) is 0 Å². The third-order valence-electron chi connectivity index (χ3n) is 4.75. The number of nitrogens with one attached hydrogen (secondary N) is 1. The van der Waals surface area contributed by atoms with Crippen molar-refractivity contribution in [3.63, 3.8) is 0 Å². The first-order valence-corrected chi connectivity index (χ1v) is 10.2. The van der Waals surface area contributed by atoms with E-state index in [9.17, 15) is 9.59 Å². The van der Waals surface area contributed by atoms with E-state index in [1.54, 1.807) is 0 Å². The molecule has 1 atom stereocenters. The Morgan fingerprint density at radius 3 is 2.46 bits per heavy atom. The van der Waals surface area contributed by atoms with Crippen LogP contribution in [0.4, 0.5) is 10.5 Å². The number of primary amides is 1. The fourth-order valence-electron chi connectivity index (χ4n) is 3.34.